The number of esters is 2. The van der Waals surface area contributed by atoms with E-state index in [4.69, 9.17) is 9.47 Å². The maximum atomic E-state index is 12.4. The molecule has 1 aromatic rings. The number of carbonyl (C=O) groups excluding carboxylic acids is 3. The number of hydrogen-bond donors (Lipinski definition) is 1. The summed E-state index contributed by atoms with van der Waals surface area (Å²) >= 11 is 1.42. The highest BCUT2D eigenvalue weighted by Crippen LogP contribution is 2.41. The van der Waals surface area contributed by atoms with Gasteiger partial charge < -0.3 is 14.8 Å². The summed E-state index contributed by atoms with van der Waals surface area (Å²) in [7, 11) is 0. The predicted molar refractivity (Wildman–Crippen MR) is 117 cm³/mol. The Morgan fingerprint density at radius 1 is 1.07 bits per heavy atom. The fraction of sp³-hybridized carbons (Fsp3) is 0.696. The molecule has 0 bridgehead atoms. The minimum atomic E-state index is -0.419. The summed E-state index contributed by atoms with van der Waals surface area (Å²) in [6, 6.07) is 0. The molecule has 7 heteroatoms. The van der Waals surface area contributed by atoms with E-state index < -0.39 is 11.9 Å². The van der Waals surface area contributed by atoms with Crippen LogP contribution in [0.15, 0.2) is 0 Å². The van der Waals surface area contributed by atoms with E-state index in [0.717, 1.165) is 55.4 Å². The van der Waals surface area contributed by atoms with E-state index in [2.05, 4.69) is 26.1 Å². The van der Waals surface area contributed by atoms with Crippen molar-refractivity contribution in [2.45, 2.75) is 72.6 Å². The van der Waals surface area contributed by atoms with Crippen LogP contribution in [-0.4, -0.2) is 31.1 Å². The third kappa shape index (κ3) is 5.23. The Bertz CT molecular complexity index is 799. The van der Waals surface area contributed by atoms with E-state index >= 15 is 0 Å². The quantitative estimate of drug-likeness (QED) is 0.652. The molecular formula is C23H33NO5S. The molecule has 0 atom stereocenters. The molecule has 6 nitrogen and oxygen atoms in total. The van der Waals surface area contributed by atoms with Crippen molar-refractivity contribution in [2.24, 2.45) is 17.3 Å². The summed E-state index contributed by atoms with van der Waals surface area (Å²) in [4.78, 5) is 38.3. The molecule has 2 aliphatic carbocycles. The van der Waals surface area contributed by atoms with E-state index in [9.17, 15) is 14.4 Å². The van der Waals surface area contributed by atoms with E-state index in [1.807, 2.05) is 0 Å². The maximum absolute atomic E-state index is 12.4. The Hall–Kier alpha value is -1.89. The smallest absolute Gasteiger partial charge is 0.341 e. The summed E-state index contributed by atoms with van der Waals surface area (Å²) in [6.07, 6.45) is 6.39. The van der Waals surface area contributed by atoms with Crippen molar-refractivity contribution in [3.8, 4) is 0 Å². The molecule has 1 fully saturated rings. The minimum Gasteiger partial charge on any atom is -0.462 e. The molecule has 1 saturated carbocycles. The summed E-state index contributed by atoms with van der Waals surface area (Å²) in [5.74, 6) is -0.627. The van der Waals surface area contributed by atoms with Crippen molar-refractivity contribution < 1.29 is 23.9 Å². The van der Waals surface area contributed by atoms with E-state index in [-0.39, 0.29) is 30.5 Å². The molecule has 0 spiro atoms. The molecule has 0 unspecified atom stereocenters. The minimum absolute atomic E-state index is 0.128. The largest absolute Gasteiger partial charge is 0.462 e. The van der Waals surface area contributed by atoms with Crippen LogP contribution in [0.2, 0.25) is 0 Å². The Morgan fingerprint density at radius 3 is 2.40 bits per heavy atom. The SMILES string of the molecule is CCOC(=O)c1c(NC(=O)COC(=O)C2CCC(C(C)(C)C)CC2)sc2c1CCC2. The van der Waals surface area contributed by atoms with Crippen molar-refractivity contribution >= 4 is 34.2 Å². The highest BCUT2D eigenvalue weighted by molar-refractivity contribution is 7.17. The second kappa shape index (κ2) is 9.50. The van der Waals surface area contributed by atoms with Gasteiger partial charge >= 0.3 is 11.9 Å². The number of thiophene rings is 1. The third-order valence-corrected chi connectivity index (χ3v) is 7.49. The van der Waals surface area contributed by atoms with Gasteiger partial charge in [0, 0.05) is 4.88 Å². The zero-order chi connectivity index (χ0) is 21.9. The molecule has 3 rings (SSSR count). The average molecular weight is 436 g/mol. The second-order valence-corrected chi connectivity index (χ2v) is 10.5. The van der Waals surface area contributed by atoms with Gasteiger partial charge in [-0.2, -0.15) is 0 Å². The Balaban J connectivity index is 1.53. The topological polar surface area (TPSA) is 81.7 Å². The summed E-state index contributed by atoms with van der Waals surface area (Å²) in [5.41, 5.74) is 1.71. The average Bonchev–Trinajstić information content (AvgIpc) is 3.26. The Kier molecular flexibility index (Phi) is 7.22. The van der Waals surface area contributed by atoms with Gasteiger partial charge in [-0.05, 0) is 68.8 Å². The van der Waals surface area contributed by atoms with Gasteiger partial charge in [0.1, 0.15) is 5.00 Å². The molecule has 2 aliphatic rings. The fourth-order valence-electron chi connectivity index (χ4n) is 4.52. The first-order chi connectivity index (χ1) is 14.2. The lowest BCUT2D eigenvalue weighted by Crippen LogP contribution is -2.31. The lowest BCUT2D eigenvalue weighted by Gasteiger charge is -2.36. The van der Waals surface area contributed by atoms with Gasteiger partial charge in [-0.1, -0.05) is 20.8 Å². The van der Waals surface area contributed by atoms with Gasteiger partial charge in [-0.25, -0.2) is 4.79 Å². The highest BCUT2D eigenvalue weighted by atomic mass is 32.1. The number of hydrogen-bond acceptors (Lipinski definition) is 6. The monoisotopic (exact) mass is 435 g/mol. The van der Waals surface area contributed by atoms with Crippen LogP contribution in [0.4, 0.5) is 5.00 Å². The molecule has 166 valence electrons. The number of carbonyl (C=O) groups is 3. The summed E-state index contributed by atoms with van der Waals surface area (Å²) in [5, 5.41) is 3.27. The molecule has 0 aromatic carbocycles. The molecule has 0 radical (unpaired) electrons. The fourth-order valence-corrected chi connectivity index (χ4v) is 5.82. The lowest BCUT2D eigenvalue weighted by molar-refractivity contribution is -0.153. The normalized spacial score (nSPS) is 21.1. The van der Waals surface area contributed by atoms with E-state index in [1.165, 1.54) is 11.3 Å². The van der Waals surface area contributed by atoms with Gasteiger partial charge in [-0.15, -0.1) is 11.3 Å². The summed E-state index contributed by atoms with van der Waals surface area (Å²) < 4.78 is 10.5. The van der Waals surface area contributed by atoms with Gasteiger partial charge in [0.05, 0.1) is 18.1 Å². The summed E-state index contributed by atoms with van der Waals surface area (Å²) in [6.45, 7) is 8.44. The number of nitrogens with one attached hydrogen (secondary N) is 1. The first-order valence-electron chi connectivity index (χ1n) is 11.0. The molecule has 0 aliphatic heterocycles. The van der Waals surface area contributed by atoms with Crippen LogP contribution in [0.5, 0.6) is 0 Å². The van der Waals surface area contributed by atoms with Crippen molar-refractivity contribution in [3.63, 3.8) is 0 Å². The van der Waals surface area contributed by atoms with Gasteiger partial charge in [0.2, 0.25) is 0 Å². The van der Waals surface area contributed by atoms with Crippen molar-refractivity contribution in [1.29, 1.82) is 0 Å². The van der Waals surface area contributed by atoms with Gasteiger partial charge in [0.25, 0.3) is 5.91 Å². The number of fused-ring (bicyclic) bond motifs is 1. The van der Waals surface area contributed by atoms with E-state index in [1.54, 1.807) is 6.92 Å². The Labute approximate surface area is 182 Å². The van der Waals surface area contributed by atoms with Crippen LogP contribution in [0.25, 0.3) is 0 Å². The molecule has 1 N–H and O–H groups in total. The van der Waals surface area contributed by atoms with Crippen molar-refractivity contribution in [3.05, 3.63) is 16.0 Å². The standard InChI is InChI=1S/C23H33NO5S/c1-5-28-22(27)19-16-7-6-8-17(16)30-20(19)24-18(25)13-29-21(26)14-9-11-15(12-10-14)23(2,3)4/h14-15H,5-13H2,1-4H3,(H,24,25). The lowest BCUT2D eigenvalue weighted by atomic mass is 9.70. The van der Waals surface area contributed by atoms with Crippen LogP contribution < -0.4 is 5.32 Å². The zero-order valence-electron chi connectivity index (χ0n) is 18.5. The van der Waals surface area contributed by atoms with Crippen LogP contribution in [0.3, 0.4) is 0 Å². The number of amides is 1. The van der Waals surface area contributed by atoms with Gasteiger partial charge in [0.15, 0.2) is 6.61 Å². The van der Waals surface area contributed by atoms with Crippen molar-refractivity contribution in [1.82, 2.24) is 0 Å². The molecule has 0 saturated heterocycles. The molecule has 1 amide bonds. The Morgan fingerprint density at radius 2 is 1.77 bits per heavy atom. The molecule has 30 heavy (non-hydrogen) atoms. The zero-order valence-corrected chi connectivity index (χ0v) is 19.3. The number of aryl methyl sites for hydroxylation is 1. The van der Waals surface area contributed by atoms with Gasteiger partial charge in [-0.3, -0.25) is 9.59 Å². The molecule has 1 heterocycles. The van der Waals surface area contributed by atoms with Crippen molar-refractivity contribution in [2.75, 3.05) is 18.5 Å². The van der Waals surface area contributed by atoms with Crippen LogP contribution in [0, 0.1) is 17.3 Å². The molecular weight excluding hydrogens is 402 g/mol. The number of anilines is 1. The predicted octanol–water partition coefficient (Wildman–Crippen LogP) is 4.75. The van der Waals surface area contributed by atoms with Crippen LogP contribution in [0.1, 0.15) is 80.6 Å². The van der Waals surface area contributed by atoms with Crippen LogP contribution in [-0.2, 0) is 31.9 Å². The number of rotatable bonds is 6. The van der Waals surface area contributed by atoms with E-state index in [0.29, 0.717) is 16.5 Å². The van der Waals surface area contributed by atoms with Crippen LogP contribution >= 0.6 is 11.3 Å². The third-order valence-electron chi connectivity index (χ3n) is 6.28. The first-order valence-corrected chi connectivity index (χ1v) is 11.8. The first kappa shape index (κ1) is 22.8. The molecule has 1 aromatic heterocycles. The second-order valence-electron chi connectivity index (χ2n) is 9.35. The maximum Gasteiger partial charge on any atom is 0.341 e. The number of ether oxygens (including phenoxy) is 2. The highest BCUT2D eigenvalue weighted by Gasteiger charge is 2.33.